The van der Waals surface area contributed by atoms with Gasteiger partial charge in [0.1, 0.15) is 6.07 Å². The normalized spacial score (nSPS) is 9.85. The molecule has 20 heavy (non-hydrogen) atoms. The van der Waals surface area contributed by atoms with E-state index < -0.39 is 0 Å². The predicted octanol–water partition coefficient (Wildman–Crippen LogP) is 2.99. The zero-order valence-electron chi connectivity index (χ0n) is 11.6. The first-order chi connectivity index (χ1) is 9.71. The highest BCUT2D eigenvalue weighted by atomic mass is 16.5. The highest BCUT2D eigenvalue weighted by Crippen LogP contribution is 2.18. The summed E-state index contributed by atoms with van der Waals surface area (Å²) in [6.45, 7) is 3.94. The average Bonchev–Trinajstić information content (AvgIpc) is 2.44. The van der Waals surface area contributed by atoms with E-state index in [-0.39, 0.29) is 6.61 Å². The molecule has 1 heterocycles. The number of aromatic nitrogens is 2. The van der Waals surface area contributed by atoms with Crippen molar-refractivity contribution in [2.45, 2.75) is 20.3 Å². The van der Waals surface area contributed by atoms with Crippen LogP contribution < -0.4 is 10.1 Å². The van der Waals surface area contributed by atoms with Crippen LogP contribution in [0.5, 0.6) is 5.88 Å². The van der Waals surface area contributed by atoms with Gasteiger partial charge in [-0.3, -0.25) is 0 Å². The number of anilines is 2. The fraction of sp³-hybridized carbons (Fsp3) is 0.267. The molecule has 5 heteroatoms. The third kappa shape index (κ3) is 3.69. The molecule has 1 N–H and O–H groups in total. The lowest BCUT2D eigenvalue weighted by molar-refractivity contribution is 0.353. The second-order valence-electron chi connectivity index (χ2n) is 4.30. The lowest BCUT2D eigenvalue weighted by Crippen LogP contribution is -2.03. The average molecular weight is 268 g/mol. The lowest BCUT2D eigenvalue weighted by Gasteiger charge is -2.08. The summed E-state index contributed by atoms with van der Waals surface area (Å²) in [5.41, 5.74) is 2.95. The summed E-state index contributed by atoms with van der Waals surface area (Å²) >= 11 is 0. The molecule has 0 amide bonds. The number of hydrogen-bond donors (Lipinski definition) is 1. The molecule has 0 aliphatic carbocycles. The summed E-state index contributed by atoms with van der Waals surface area (Å²) in [4.78, 5) is 8.53. The molecule has 0 bridgehead atoms. The van der Waals surface area contributed by atoms with Crippen LogP contribution in [0.4, 0.5) is 11.6 Å². The fourth-order valence-corrected chi connectivity index (χ4v) is 1.77. The Morgan fingerprint density at radius 3 is 2.90 bits per heavy atom. The Morgan fingerprint density at radius 2 is 2.15 bits per heavy atom. The summed E-state index contributed by atoms with van der Waals surface area (Å²) in [7, 11) is 0. The van der Waals surface area contributed by atoms with Gasteiger partial charge in [0.25, 0.3) is 0 Å². The van der Waals surface area contributed by atoms with Gasteiger partial charge in [0, 0.05) is 17.4 Å². The molecule has 0 unspecified atom stereocenters. The number of nitriles is 1. The molecule has 0 fully saturated rings. The number of nitrogens with zero attached hydrogens (tertiary/aromatic N) is 3. The lowest BCUT2D eigenvalue weighted by atomic mass is 10.1. The number of hydrogen-bond acceptors (Lipinski definition) is 5. The van der Waals surface area contributed by atoms with Crippen molar-refractivity contribution in [1.82, 2.24) is 9.97 Å². The van der Waals surface area contributed by atoms with E-state index in [1.165, 1.54) is 5.56 Å². The van der Waals surface area contributed by atoms with Crippen molar-refractivity contribution >= 4 is 11.6 Å². The van der Waals surface area contributed by atoms with Crippen molar-refractivity contribution in [2.75, 3.05) is 11.9 Å². The second kappa shape index (κ2) is 6.53. The topological polar surface area (TPSA) is 70.8 Å². The maximum absolute atomic E-state index is 8.53. The minimum atomic E-state index is -0.0266. The molecule has 0 radical (unpaired) electrons. The predicted molar refractivity (Wildman–Crippen MR) is 77.0 cm³/mol. The molecule has 0 aliphatic rings. The van der Waals surface area contributed by atoms with Crippen molar-refractivity contribution in [3.05, 3.63) is 41.6 Å². The number of rotatable bonds is 5. The van der Waals surface area contributed by atoms with E-state index in [9.17, 15) is 0 Å². The van der Waals surface area contributed by atoms with Gasteiger partial charge in [-0.1, -0.05) is 19.1 Å². The smallest absolute Gasteiger partial charge is 0.230 e. The van der Waals surface area contributed by atoms with Crippen LogP contribution in [0.1, 0.15) is 18.2 Å². The van der Waals surface area contributed by atoms with Crippen molar-refractivity contribution < 1.29 is 4.74 Å². The third-order valence-electron chi connectivity index (χ3n) is 2.71. The third-order valence-corrected chi connectivity index (χ3v) is 2.71. The SMILES string of the molecule is CCc1cccc(Nc2nc(C)cc(OCC#N)n2)c1. The highest BCUT2D eigenvalue weighted by molar-refractivity contribution is 5.54. The first-order valence-corrected chi connectivity index (χ1v) is 6.42. The van der Waals surface area contributed by atoms with Crippen molar-refractivity contribution in [1.29, 1.82) is 5.26 Å². The maximum Gasteiger partial charge on any atom is 0.230 e. The van der Waals surface area contributed by atoms with Crippen LogP contribution in [-0.2, 0) is 6.42 Å². The van der Waals surface area contributed by atoms with Crippen LogP contribution in [0, 0.1) is 18.3 Å². The van der Waals surface area contributed by atoms with E-state index in [1.54, 1.807) is 6.07 Å². The molecule has 0 atom stereocenters. The summed E-state index contributed by atoms with van der Waals surface area (Å²) in [5.74, 6) is 0.861. The first kappa shape index (κ1) is 13.8. The van der Waals surface area contributed by atoms with Gasteiger partial charge in [0.15, 0.2) is 6.61 Å². The number of benzene rings is 1. The van der Waals surface area contributed by atoms with Gasteiger partial charge < -0.3 is 10.1 Å². The monoisotopic (exact) mass is 268 g/mol. The zero-order chi connectivity index (χ0) is 14.4. The van der Waals surface area contributed by atoms with E-state index in [1.807, 2.05) is 25.1 Å². The molecule has 5 nitrogen and oxygen atoms in total. The standard InChI is InChI=1S/C15H16N4O/c1-3-12-5-4-6-13(10-12)18-15-17-11(2)9-14(19-15)20-8-7-16/h4-6,9-10H,3,8H2,1-2H3,(H,17,18,19). The summed E-state index contributed by atoms with van der Waals surface area (Å²) < 4.78 is 5.21. The summed E-state index contributed by atoms with van der Waals surface area (Å²) in [5, 5.41) is 11.7. The van der Waals surface area contributed by atoms with Crippen LogP contribution in [0.15, 0.2) is 30.3 Å². The van der Waals surface area contributed by atoms with E-state index in [4.69, 9.17) is 10.00 Å². The Balaban J connectivity index is 2.19. The molecule has 0 saturated carbocycles. The quantitative estimate of drug-likeness (QED) is 0.902. The van der Waals surface area contributed by atoms with Gasteiger partial charge in [0.05, 0.1) is 0 Å². The van der Waals surface area contributed by atoms with Crippen molar-refractivity contribution in [3.63, 3.8) is 0 Å². The Labute approximate surface area is 118 Å². The Bertz CT molecular complexity index is 634. The van der Waals surface area contributed by atoms with Gasteiger partial charge in [0.2, 0.25) is 11.8 Å². The van der Waals surface area contributed by atoms with Crippen molar-refractivity contribution in [3.8, 4) is 11.9 Å². The minimum Gasteiger partial charge on any atom is -0.462 e. The van der Waals surface area contributed by atoms with Crippen LogP contribution in [-0.4, -0.2) is 16.6 Å². The molecular weight excluding hydrogens is 252 g/mol. The van der Waals surface area contributed by atoms with Gasteiger partial charge in [-0.2, -0.15) is 10.2 Å². The Kier molecular flexibility index (Phi) is 4.51. The second-order valence-corrected chi connectivity index (χ2v) is 4.30. The van der Waals surface area contributed by atoms with Gasteiger partial charge >= 0.3 is 0 Å². The van der Waals surface area contributed by atoms with Gasteiger partial charge in [-0.15, -0.1) is 0 Å². The van der Waals surface area contributed by atoms with Gasteiger partial charge in [-0.25, -0.2) is 4.98 Å². The molecule has 0 spiro atoms. The Morgan fingerprint density at radius 1 is 1.30 bits per heavy atom. The maximum atomic E-state index is 8.53. The molecule has 0 saturated heterocycles. The number of nitrogens with one attached hydrogen (secondary N) is 1. The van der Waals surface area contributed by atoms with E-state index in [0.717, 1.165) is 17.8 Å². The fourth-order valence-electron chi connectivity index (χ4n) is 1.77. The van der Waals surface area contributed by atoms with Crippen LogP contribution in [0.25, 0.3) is 0 Å². The first-order valence-electron chi connectivity index (χ1n) is 6.42. The van der Waals surface area contributed by atoms with Gasteiger partial charge in [-0.05, 0) is 31.0 Å². The number of ether oxygens (including phenoxy) is 1. The molecule has 2 rings (SSSR count). The van der Waals surface area contributed by atoms with Crippen LogP contribution >= 0.6 is 0 Å². The van der Waals surface area contributed by atoms with Crippen LogP contribution in [0.2, 0.25) is 0 Å². The van der Waals surface area contributed by atoms with E-state index in [0.29, 0.717) is 11.8 Å². The molecule has 1 aromatic carbocycles. The number of aryl methyl sites for hydroxylation is 2. The summed E-state index contributed by atoms with van der Waals surface area (Å²) in [6.07, 6.45) is 0.973. The van der Waals surface area contributed by atoms with Crippen LogP contribution in [0.3, 0.4) is 0 Å². The summed E-state index contributed by atoms with van der Waals surface area (Å²) in [6, 6.07) is 11.7. The van der Waals surface area contributed by atoms with Crippen molar-refractivity contribution in [2.24, 2.45) is 0 Å². The minimum absolute atomic E-state index is 0.0266. The Hall–Kier alpha value is -2.61. The van der Waals surface area contributed by atoms with E-state index in [2.05, 4.69) is 34.3 Å². The molecular formula is C15H16N4O. The highest BCUT2D eigenvalue weighted by Gasteiger charge is 2.04. The zero-order valence-corrected chi connectivity index (χ0v) is 11.6. The molecule has 2 aromatic rings. The molecule has 102 valence electrons. The molecule has 1 aromatic heterocycles. The van der Waals surface area contributed by atoms with E-state index >= 15 is 0 Å². The largest absolute Gasteiger partial charge is 0.462 e. The molecule has 0 aliphatic heterocycles.